The molecule has 0 amide bonds. The van der Waals surface area contributed by atoms with Crippen molar-refractivity contribution in [3.8, 4) is 45.5 Å². The predicted molar refractivity (Wildman–Crippen MR) is 172 cm³/mol. The first-order chi connectivity index (χ1) is 20.7. The lowest BCUT2D eigenvalue weighted by atomic mass is 9.83. The van der Waals surface area contributed by atoms with Gasteiger partial charge in [0.15, 0.2) is 0 Å². The second-order valence-corrected chi connectivity index (χ2v) is 11.4. The Morgan fingerprint density at radius 2 is 1.19 bits per heavy atom. The van der Waals surface area contributed by atoms with Crippen molar-refractivity contribution in [2.45, 2.75) is 0 Å². The fourth-order valence-electron chi connectivity index (χ4n) is 6.14. The van der Waals surface area contributed by atoms with Crippen molar-refractivity contribution in [2.24, 2.45) is 0 Å². The quantitative estimate of drug-likeness (QED) is 0.219. The fraction of sp³-hybridized carbons (Fsp3) is 0. The van der Waals surface area contributed by atoms with Crippen LogP contribution >= 0.6 is 11.3 Å². The molecule has 0 atom stereocenters. The highest BCUT2D eigenvalue weighted by Gasteiger charge is 2.24. The summed E-state index contributed by atoms with van der Waals surface area (Å²) in [7, 11) is 0. The molecule has 2 aromatic heterocycles. The van der Waals surface area contributed by atoms with Crippen LogP contribution in [0.1, 0.15) is 11.1 Å². The van der Waals surface area contributed by atoms with E-state index >= 15 is 0 Å². The Morgan fingerprint density at radius 1 is 0.500 bits per heavy atom. The minimum atomic E-state index is 0.476. The van der Waals surface area contributed by atoms with E-state index in [2.05, 4.69) is 54.6 Å². The lowest BCUT2D eigenvalue weighted by Gasteiger charge is -2.17. The van der Waals surface area contributed by atoms with E-state index in [1.54, 1.807) is 11.3 Å². The summed E-state index contributed by atoms with van der Waals surface area (Å²) in [6, 6.07) is 45.5. The van der Waals surface area contributed by atoms with Gasteiger partial charge in [-0.1, -0.05) is 91.0 Å². The number of nitrogens with zero attached hydrogens (tertiary/aromatic N) is 2. The van der Waals surface area contributed by atoms with Crippen LogP contribution in [0, 0.1) is 22.7 Å². The minimum Gasteiger partial charge on any atom is -0.456 e. The fourth-order valence-corrected chi connectivity index (χ4v) is 7.29. The average molecular weight is 553 g/mol. The minimum absolute atomic E-state index is 0.476. The number of nitriles is 2. The molecule has 0 saturated carbocycles. The van der Waals surface area contributed by atoms with Gasteiger partial charge >= 0.3 is 0 Å². The van der Waals surface area contributed by atoms with Crippen molar-refractivity contribution >= 4 is 53.4 Å². The lowest BCUT2D eigenvalue weighted by molar-refractivity contribution is 0.669. The molecule has 3 nitrogen and oxygen atoms in total. The van der Waals surface area contributed by atoms with Gasteiger partial charge in [0, 0.05) is 47.6 Å². The maximum Gasteiger partial charge on any atom is 0.136 e. The zero-order valence-corrected chi connectivity index (χ0v) is 23.1. The Morgan fingerprint density at radius 3 is 2.02 bits per heavy atom. The molecule has 2 heterocycles. The number of hydrogen-bond donors (Lipinski definition) is 0. The zero-order chi connectivity index (χ0) is 28.2. The van der Waals surface area contributed by atoms with E-state index in [1.165, 1.54) is 15.5 Å². The third-order valence-corrected chi connectivity index (χ3v) is 9.13. The van der Waals surface area contributed by atoms with Gasteiger partial charge in [-0.15, -0.1) is 11.3 Å². The van der Waals surface area contributed by atoms with E-state index in [4.69, 9.17) is 4.42 Å². The smallest absolute Gasteiger partial charge is 0.136 e. The SMILES string of the molecule is N#Cc1c(-c2ccccc2)cc(-c2cccc3oc4ccccc4c23)c(C#N)c1-c1ccc2c(c1)sc1ccccc12. The molecule has 0 aliphatic rings. The first-order valence-corrected chi connectivity index (χ1v) is 14.5. The Kier molecular flexibility index (Phi) is 5.44. The normalized spacial score (nSPS) is 11.3. The van der Waals surface area contributed by atoms with Crippen LogP contribution < -0.4 is 0 Å². The molecular weight excluding hydrogens is 532 g/mol. The van der Waals surface area contributed by atoms with Crippen LogP contribution in [0.5, 0.6) is 0 Å². The van der Waals surface area contributed by atoms with Crippen LogP contribution in [-0.4, -0.2) is 0 Å². The Hall–Kier alpha value is -5.68. The number of rotatable bonds is 3. The van der Waals surface area contributed by atoms with E-state index < -0.39 is 0 Å². The molecule has 6 aromatic carbocycles. The monoisotopic (exact) mass is 552 g/mol. The van der Waals surface area contributed by atoms with Gasteiger partial charge in [-0.3, -0.25) is 0 Å². The number of fused-ring (bicyclic) bond motifs is 6. The maximum atomic E-state index is 10.8. The predicted octanol–water partition coefficient (Wildman–Crippen LogP) is 10.7. The molecule has 0 aliphatic heterocycles. The molecule has 0 saturated heterocycles. The Balaban J connectivity index is 1.51. The van der Waals surface area contributed by atoms with Crippen LogP contribution in [0.2, 0.25) is 0 Å². The number of benzene rings is 6. The van der Waals surface area contributed by atoms with Crippen LogP contribution in [0.15, 0.2) is 126 Å². The second-order valence-electron chi connectivity index (χ2n) is 10.3. The summed E-state index contributed by atoms with van der Waals surface area (Å²) < 4.78 is 8.54. The van der Waals surface area contributed by atoms with Gasteiger partial charge in [-0.2, -0.15) is 10.5 Å². The zero-order valence-electron chi connectivity index (χ0n) is 22.3. The van der Waals surface area contributed by atoms with Crippen LogP contribution in [-0.2, 0) is 0 Å². The summed E-state index contributed by atoms with van der Waals surface area (Å²) >= 11 is 1.72. The molecule has 0 N–H and O–H groups in total. The van der Waals surface area contributed by atoms with E-state index in [0.717, 1.165) is 54.5 Å². The molecule has 8 aromatic rings. The molecule has 0 aliphatic carbocycles. The van der Waals surface area contributed by atoms with Crippen molar-refractivity contribution in [3.05, 3.63) is 132 Å². The van der Waals surface area contributed by atoms with Gasteiger partial charge in [-0.25, -0.2) is 0 Å². The molecule has 0 fully saturated rings. The van der Waals surface area contributed by atoms with E-state index in [0.29, 0.717) is 16.7 Å². The number of furan rings is 1. The average Bonchev–Trinajstić information content (AvgIpc) is 3.62. The molecule has 194 valence electrons. The Bertz CT molecular complexity index is 2430. The first kappa shape index (κ1) is 24.1. The van der Waals surface area contributed by atoms with Crippen molar-refractivity contribution in [1.29, 1.82) is 10.5 Å². The van der Waals surface area contributed by atoms with Gasteiger partial charge in [0.05, 0.1) is 11.1 Å². The summed E-state index contributed by atoms with van der Waals surface area (Å²) in [5.41, 5.74) is 7.43. The first-order valence-electron chi connectivity index (χ1n) is 13.6. The molecule has 0 bridgehead atoms. The highest BCUT2D eigenvalue weighted by atomic mass is 32.1. The summed E-state index contributed by atoms with van der Waals surface area (Å²) in [6.45, 7) is 0. The molecule has 0 radical (unpaired) electrons. The van der Waals surface area contributed by atoms with Gasteiger partial charge in [0.25, 0.3) is 0 Å². The number of thiophene rings is 1. The van der Waals surface area contributed by atoms with Crippen molar-refractivity contribution < 1.29 is 4.42 Å². The molecule has 8 rings (SSSR count). The molecule has 4 heteroatoms. The van der Waals surface area contributed by atoms with Crippen molar-refractivity contribution in [2.75, 3.05) is 0 Å². The standard InChI is InChI=1S/C38H20N2OS/c39-21-31-29(23-9-2-1-3-10-23)20-30(27-13-8-15-34-38(27)28-12-4-6-14-33(28)41-34)32(22-40)37(31)24-17-18-26-25-11-5-7-16-35(25)42-36(26)19-24/h1-20H. The van der Waals surface area contributed by atoms with Crippen molar-refractivity contribution in [3.63, 3.8) is 0 Å². The van der Waals surface area contributed by atoms with Crippen molar-refractivity contribution in [1.82, 2.24) is 0 Å². The molecule has 0 unspecified atom stereocenters. The highest BCUT2D eigenvalue weighted by molar-refractivity contribution is 7.25. The van der Waals surface area contributed by atoms with E-state index in [1.807, 2.05) is 78.9 Å². The maximum absolute atomic E-state index is 10.8. The molecule has 42 heavy (non-hydrogen) atoms. The largest absolute Gasteiger partial charge is 0.456 e. The topological polar surface area (TPSA) is 60.7 Å². The number of para-hydroxylation sites is 1. The van der Waals surface area contributed by atoms with Crippen LogP contribution in [0.25, 0.3) is 75.5 Å². The van der Waals surface area contributed by atoms with Gasteiger partial charge in [-0.05, 0) is 47.0 Å². The van der Waals surface area contributed by atoms with E-state index in [9.17, 15) is 10.5 Å². The van der Waals surface area contributed by atoms with Gasteiger partial charge in [0.1, 0.15) is 23.3 Å². The number of hydrogen-bond acceptors (Lipinski definition) is 4. The lowest BCUT2D eigenvalue weighted by Crippen LogP contribution is -1.98. The third kappa shape index (κ3) is 3.57. The summed E-state index contributed by atoms with van der Waals surface area (Å²) in [6.07, 6.45) is 0. The summed E-state index contributed by atoms with van der Waals surface area (Å²) in [5, 5.41) is 25.8. The molecular formula is C38H20N2OS. The van der Waals surface area contributed by atoms with Crippen LogP contribution in [0.4, 0.5) is 0 Å². The van der Waals surface area contributed by atoms with Gasteiger partial charge < -0.3 is 4.42 Å². The summed E-state index contributed by atoms with van der Waals surface area (Å²) in [5.74, 6) is 0. The second kappa shape index (κ2) is 9.46. The van der Waals surface area contributed by atoms with E-state index in [-0.39, 0.29) is 0 Å². The van der Waals surface area contributed by atoms with Crippen LogP contribution in [0.3, 0.4) is 0 Å². The third-order valence-electron chi connectivity index (χ3n) is 8.00. The summed E-state index contributed by atoms with van der Waals surface area (Å²) in [4.78, 5) is 0. The molecule has 0 spiro atoms. The van der Waals surface area contributed by atoms with Gasteiger partial charge in [0.2, 0.25) is 0 Å². The highest BCUT2D eigenvalue weighted by Crippen LogP contribution is 2.45. The Labute approximate surface area is 245 Å².